The predicted octanol–water partition coefficient (Wildman–Crippen LogP) is 2.04. The van der Waals surface area contributed by atoms with Crippen LogP contribution in [0.4, 0.5) is 0 Å². The van der Waals surface area contributed by atoms with Crippen molar-refractivity contribution >= 4 is 5.91 Å². The van der Waals surface area contributed by atoms with Crippen LogP contribution in [0.5, 0.6) is 0 Å². The molecule has 0 aliphatic heterocycles. The standard InChI is InChI=1S/C15H22N2O/c1-15(8-5-9-15)11-17-14(18)13(10-16)12-6-3-2-4-7-12/h2-4,6-7,13H,5,8-11,16H2,1H3,(H,17,18). The van der Waals surface area contributed by atoms with Gasteiger partial charge in [-0.3, -0.25) is 4.79 Å². The second-order valence-corrected chi connectivity index (χ2v) is 5.58. The van der Waals surface area contributed by atoms with E-state index in [9.17, 15) is 4.79 Å². The Balaban J connectivity index is 1.94. The molecule has 1 fully saturated rings. The van der Waals surface area contributed by atoms with Crippen LogP contribution in [-0.2, 0) is 4.79 Å². The van der Waals surface area contributed by atoms with Gasteiger partial charge in [-0.1, -0.05) is 43.7 Å². The first-order valence-corrected chi connectivity index (χ1v) is 6.67. The molecule has 1 atom stereocenters. The highest BCUT2D eigenvalue weighted by Gasteiger charge is 2.32. The molecule has 3 heteroatoms. The lowest BCUT2D eigenvalue weighted by molar-refractivity contribution is -0.123. The number of benzene rings is 1. The molecule has 1 saturated carbocycles. The molecule has 3 N–H and O–H groups in total. The molecule has 0 heterocycles. The van der Waals surface area contributed by atoms with Gasteiger partial charge in [0.2, 0.25) is 5.91 Å². The predicted molar refractivity (Wildman–Crippen MR) is 73.2 cm³/mol. The average Bonchev–Trinajstić information content (AvgIpc) is 2.36. The van der Waals surface area contributed by atoms with Crippen molar-refractivity contribution in [2.24, 2.45) is 11.1 Å². The number of amides is 1. The Bertz CT molecular complexity index is 398. The van der Waals surface area contributed by atoms with Crippen molar-refractivity contribution in [3.05, 3.63) is 35.9 Å². The van der Waals surface area contributed by atoms with Crippen molar-refractivity contribution in [2.75, 3.05) is 13.1 Å². The summed E-state index contributed by atoms with van der Waals surface area (Å²) < 4.78 is 0. The van der Waals surface area contributed by atoms with Crippen LogP contribution in [-0.4, -0.2) is 19.0 Å². The summed E-state index contributed by atoms with van der Waals surface area (Å²) in [5.41, 5.74) is 7.04. The van der Waals surface area contributed by atoms with Gasteiger partial charge in [0.15, 0.2) is 0 Å². The minimum atomic E-state index is -0.227. The molecule has 1 aliphatic rings. The van der Waals surface area contributed by atoms with Crippen LogP contribution in [0.3, 0.4) is 0 Å². The number of hydrogen-bond acceptors (Lipinski definition) is 2. The fourth-order valence-electron chi connectivity index (χ4n) is 2.46. The Morgan fingerprint density at radius 3 is 2.56 bits per heavy atom. The van der Waals surface area contributed by atoms with E-state index < -0.39 is 0 Å². The van der Waals surface area contributed by atoms with Crippen molar-refractivity contribution in [2.45, 2.75) is 32.1 Å². The Morgan fingerprint density at radius 1 is 1.39 bits per heavy atom. The largest absolute Gasteiger partial charge is 0.355 e. The van der Waals surface area contributed by atoms with E-state index in [0.717, 1.165) is 12.1 Å². The summed E-state index contributed by atoms with van der Waals surface area (Å²) in [5.74, 6) is -0.174. The molecule has 2 rings (SSSR count). The van der Waals surface area contributed by atoms with E-state index in [0.29, 0.717) is 12.0 Å². The van der Waals surface area contributed by atoms with Crippen LogP contribution in [0.2, 0.25) is 0 Å². The topological polar surface area (TPSA) is 55.1 Å². The van der Waals surface area contributed by atoms with Crippen molar-refractivity contribution in [3.63, 3.8) is 0 Å². The zero-order valence-corrected chi connectivity index (χ0v) is 11.0. The summed E-state index contributed by atoms with van der Waals surface area (Å²) in [6, 6.07) is 9.76. The molecular formula is C15H22N2O. The van der Waals surface area contributed by atoms with E-state index in [-0.39, 0.29) is 11.8 Å². The van der Waals surface area contributed by atoms with Gasteiger partial charge in [-0.2, -0.15) is 0 Å². The van der Waals surface area contributed by atoms with Crippen LogP contribution in [0.25, 0.3) is 0 Å². The average molecular weight is 246 g/mol. The van der Waals surface area contributed by atoms with E-state index in [4.69, 9.17) is 5.73 Å². The van der Waals surface area contributed by atoms with E-state index >= 15 is 0 Å². The molecule has 0 radical (unpaired) electrons. The van der Waals surface area contributed by atoms with Gasteiger partial charge in [-0.05, 0) is 23.8 Å². The van der Waals surface area contributed by atoms with Gasteiger partial charge in [0.1, 0.15) is 0 Å². The summed E-state index contributed by atoms with van der Waals surface area (Å²) in [7, 11) is 0. The summed E-state index contributed by atoms with van der Waals surface area (Å²) >= 11 is 0. The molecule has 98 valence electrons. The Hall–Kier alpha value is -1.35. The smallest absolute Gasteiger partial charge is 0.228 e. The Kier molecular flexibility index (Phi) is 4.02. The second-order valence-electron chi connectivity index (χ2n) is 5.58. The van der Waals surface area contributed by atoms with Crippen molar-refractivity contribution < 1.29 is 4.79 Å². The van der Waals surface area contributed by atoms with Crippen molar-refractivity contribution in [1.29, 1.82) is 0 Å². The van der Waals surface area contributed by atoms with Crippen LogP contribution >= 0.6 is 0 Å². The summed E-state index contributed by atoms with van der Waals surface area (Å²) in [6.45, 7) is 3.36. The third-order valence-electron chi connectivity index (χ3n) is 4.00. The minimum absolute atomic E-state index is 0.0526. The molecule has 0 bridgehead atoms. The van der Waals surface area contributed by atoms with Gasteiger partial charge in [-0.15, -0.1) is 0 Å². The van der Waals surface area contributed by atoms with Crippen LogP contribution in [0.15, 0.2) is 30.3 Å². The molecule has 0 saturated heterocycles. The lowest BCUT2D eigenvalue weighted by Crippen LogP contribution is -2.42. The molecule has 0 spiro atoms. The zero-order chi connectivity index (χ0) is 13.0. The molecule has 1 aliphatic carbocycles. The second kappa shape index (κ2) is 5.53. The van der Waals surface area contributed by atoms with Crippen LogP contribution in [0, 0.1) is 5.41 Å². The maximum atomic E-state index is 12.2. The van der Waals surface area contributed by atoms with Gasteiger partial charge in [0.25, 0.3) is 0 Å². The Morgan fingerprint density at radius 2 is 2.06 bits per heavy atom. The number of rotatable bonds is 5. The van der Waals surface area contributed by atoms with Crippen molar-refractivity contribution in [3.8, 4) is 0 Å². The molecule has 1 unspecified atom stereocenters. The minimum Gasteiger partial charge on any atom is -0.355 e. The summed E-state index contributed by atoms with van der Waals surface area (Å²) in [4.78, 5) is 12.2. The van der Waals surface area contributed by atoms with Gasteiger partial charge >= 0.3 is 0 Å². The molecule has 1 amide bonds. The maximum Gasteiger partial charge on any atom is 0.228 e. The lowest BCUT2D eigenvalue weighted by Gasteiger charge is -2.38. The highest BCUT2D eigenvalue weighted by molar-refractivity contribution is 5.83. The highest BCUT2D eigenvalue weighted by atomic mass is 16.1. The maximum absolute atomic E-state index is 12.2. The molecule has 3 nitrogen and oxygen atoms in total. The van der Waals surface area contributed by atoms with Gasteiger partial charge in [0.05, 0.1) is 5.92 Å². The monoisotopic (exact) mass is 246 g/mol. The number of nitrogens with two attached hydrogens (primary N) is 1. The van der Waals surface area contributed by atoms with E-state index in [1.807, 2.05) is 30.3 Å². The molecule has 1 aromatic rings. The molecule has 18 heavy (non-hydrogen) atoms. The third kappa shape index (κ3) is 2.91. The fraction of sp³-hybridized carbons (Fsp3) is 0.533. The quantitative estimate of drug-likeness (QED) is 0.835. The van der Waals surface area contributed by atoms with Gasteiger partial charge < -0.3 is 11.1 Å². The van der Waals surface area contributed by atoms with Gasteiger partial charge in [0, 0.05) is 13.1 Å². The summed E-state index contributed by atoms with van der Waals surface area (Å²) in [5, 5.41) is 3.06. The SMILES string of the molecule is CC1(CNC(=O)C(CN)c2ccccc2)CCC1. The molecule has 0 aromatic heterocycles. The number of carbonyl (C=O) groups is 1. The van der Waals surface area contributed by atoms with Crippen molar-refractivity contribution in [1.82, 2.24) is 5.32 Å². The number of carbonyl (C=O) groups excluding carboxylic acids is 1. The first-order chi connectivity index (χ1) is 8.64. The number of nitrogens with one attached hydrogen (secondary N) is 1. The lowest BCUT2D eigenvalue weighted by atomic mass is 9.70. The fourth-order valence-corrected chi connectivity index (χ4v) is 2.46. The van der Waals surface area contributed by atoms with E-state index in [1.165, 1.54) is 19.3 Å². The molecule has 1 aromatic carbocycles. The van der Waals surface area contributed by atoms with E-state index in [1.54, 1.807) is 0 Å². The zero-order valence-electron chi connectivity index (χ0n) is 11.0. The third-order valence-corrected chi connectivity index (χ3v) is 4.00. The van der Waals surface area contributed by atoms with Gasteiger partial charge in [-0.25, -0.2) is 0 Å². The molecular weight excluding hydrogens is 224 g/mol. The summed E-state index contributed by atoms with van der Waals surface area (Å²) in [6.07, 6.45) is 3.71. The van der Waals surface area contributed by atoms with Crippen LogP contribution in [0.1, 0.15) is 37.7 Å². The first kappa shape index (κ1) is 13.1. The highest BCUT2D eigenvalue weighted by Crippen LogP contribution is 2.39. The first-order valence-electron chi connectivity index (χ1n) is 6.67. The Labute approximate surface area is 109 Å². The number of hydrogen-bond donors (Lipinski definition) is 2. The van der Waals surface area contributed by atoms with E-state index in [2.05, 4.69) is 12.2 Å². The van der Waals surface area contributed by atoms with Crippen LogP contribution < -0.4 is 11.1 Å². The normalized spacial score (nSPS) is 18.8.